The van der Waals surface area contributed by atoms with Crippen molar-refractivity contribution in [2.24, 2.45) is 0 Å². The first-order valence-corrected chi connectivity index (χ1v) is 7.98. The number of ketones is 3. The molecule has 0 aromatic rings. The molecule has 0 atom stereocenters. The van der Waals surface area contributed by atoms with Gasteiger partial charge >= 0.3 is 0 Å². The maximum atomic E-state index is 9.98. The van der Waals surface area contributed by atoms with E-state index in [1.807, 2.05) is 0 Å². The first-order chi connectivity index (χ1) is 12.6. The maximum Gasteiger partial charge on any atom is 0.151 e. The average molecular weight is 396 g/mol. The van der Waals surface area contributed by atoms with E-state index in [-0.39, 0.29) is 40.2 Å². The van der Waals surface area contributed by atoms with Crippen LogP contribution in [0.3, 0.4) is 0 Å². The van der Waals surface area contributed by atoms with Gasteiger partial charge in [-0.1, -0.05) is 26.8 Å². The summed E-state index contributed by atoms with van der Waals surface area (Å²) in [4.78, 5) is 39.7. The normalized spacial score (nSPS) is 11.4. The molecule has 0 aliphatic heterocycles. The van der Waals surface area contributed by atoms with E-state index < -0.39 is 5.97 Å². The van der Waals surface area contributed by atoms with E-state index in [1.165, 1.54) is 54.5 Å². The van der Waals surface area contributed by atoms with E-state index in [2.05, 4.69) is 0 Å². The summed E-state index contributed by atoms with van der Waals surface area (Å²) >= 11 is 0. The molecule has 0 aromatic carbocycles. The Morgan fingerprint density at radius 1 is 0.536 bits per heavy atom. The molecular weight excluding hydrogens is 368 g/mol. The van der Waals surface area contributed by atoms with Crippen molar-refractivity contribution in [3.05, 3.63) is 47.2 Å². The van der Waals surface area contributed by atoms with Crippen LogP contribution in [-0.4, -0.2) is 23.3 Å². The average Bonchev–Trinajstić information content (AvgIpc) is 2.43. The third-order valence-electron chi connectivity index (χ3n) is 1.97. The fraction of sp³-hybridized carbons (Fsp3) is 0.400. The number of allylic oxidation sites excluding steroid dienone is 7. The zero-order valence-electron chi connectivity index (χ0n) is 17.6. The summed E-state index contributed by atoms with van der Waals surface area (Å²) in [7, 11) is 0. The summed E-state index contributed by atoms with van der Waals surface area (Å²) in [5.74, 6) is -2.22. The summed E-state index contributed by atoms with van der Waals surface area (Å²) in [5, 5.41) is 39.7. The molecule has 28 heavy (non-hydrogen) atoms. The second-order valence-corrected chi connectivity index (χ2v) is 5.36. The van der Waals surface area contributed by atoms with Crippen LogP contribution >= 0.6 is 0 Å². The fourth-order valence-corrected chi connectivity index (χ4v) is 0.977. The number of aliphatic carboxylic acids is 1. The van der Waals surface area contributed by atoms with Crippen molar-refractivity contribution in [2.75, 3.05) is 0 Å². The highest BCUT2D eigenvalue weighted by molar-refractivity contribution is 5.88. The van der Waals surface area contributed by atoms with Crippen LogP contribution < -0.4 is 20.4 Å². The van der Waals surface area contributed by atoms with Gasteiger partial charge in [-0.25, -0.2) is 0 Å². The van der Waals surface area contributed by atoms with Crippen LogP contribution in [0.15, 0.2) is 47.2 Å². The highest BCUT2D eigenvalue weighted by Gasteiger charge is 1.80. The van der Waals surface area contributed by atoms with Crippen LogP contribution in [-0.2, 0) is 19.2 Å². The molecule has 0 amide bonds. The van der Waals surface area contributed by atoms with Gasteiger partial charge in [0.1, 0.15) is 0 Å². The van der Waals surface area contributed by atoms with Crippen molar-refractivity contribution in [1.82, 2.24) is 0 Å². The predicted octanol–water partition coefficient (Wildman–Crippen LogP) is -0.779. The van der Waals surface area contributed by atoms with Gasteiger partial charge < -0.3 is 25.2 Å². The number of carbonyl (C=O) groups is 4. The van der Waals surface area contributed by atoms with E-state index in [9.17, 15) is 39.6 Å². The Hall–Kier alpha value is -3.16. The molecule has 0 saturated heterocycles. The highest BCUT2D eigenvalue weighted by Crippen LogP contribution is 1.85. The topological polar surface area (TPSA) is 161 Å². The summed E-state index contributed by atoms with van der Waals surface area (Å²) in [6.07, 6.45) is 4.66. The molecule has 0 bridgehead atoms. The minimum atomic E-state index is -1.09. The summed E-state index contributed by atoms with van der Waals surface area (Å²) < 4.78 is 0. The van der Waals surface area contributed by atoms with Crippen LogP contribution in [0.5, 0.6) is 0 Å². The smallest absolute Gasteiger partial charge is 0.151 e. The van der Waals surface area contributed by atoms with E-state index in [1.54, 1.807) is 6.92 Å². The van der Waals surface area contributed by atoms with Crippen molar-refractivity contribution in [3.63, 3.8) is 0 Å². The molecule has 0 radical (unpaired) electrons. The van der Waals surface area contributed by atoms with E-state index in [0.29, 0.717) is 0 Å². The Bertz CT molecular complexity index is 556. The molecule has 0 N–H and O–H groups in total. The molecular formula is C20H28O8-4. The van der Waals surface area contributed by atoms with Gasteiger partial charge in [0, 0.05) is 0 Å². The number of hydrogen-bond acceptors (Lipinski definition) is 8. The van der Waals surface area contributed by atoms with Gasteiger partial charge in [-0.3, -0.25) is 14.4 Å². The van der Waals surface area contributed by atoms with Gasteiger partial charge in [0.25, 0.3) is 0 Å². The third-order valence-corrected chi connectivity index (χ3v) is 1.97. The van der Waals surface area contributed by atoms with Crippen LogP contribution in [0, 0.1) is 0 Å². The Morgan fingerprint density at radius 2 is 0.750 bits per heavy atom. The van der Waals surface area contributed by atoms with E-state index in [0.717, 1.165) is 18.2 Å². The highest BCUT2D eigenvalue weighted by atomic mass is 16.4. The molecule has 0 unspecified atom stereocenters. The number of carboxylic acid groups (broad SMARTS) is 1. The Morgan fingerprint density at radius 3 is 0.750 bits per heavy atom. The largest absolute Gasteiger partial charge is 0.876 e. The lowest BCUT2D eigenvalue weighted by molar-refractivity contribution is -0.302. The van der Waals surface area contributed by atoms with Crippen molar-refractivity contribution < 1.29 is 39.6 Å². The first kappa shape index (κ1) is 32.5. The lowest BCUT2D eigenvalue weighted by atomic mass is 10.3. The Kier molecular flexibility index (Phi) is 23.4. The lowest BCUT2D eigenvalue weighted by Crippen LogP contribution is -2.22. The van der Waals surface area contributed by atoms with E-state index >= 15 is 0 Å². The van der Waals surface area contributed by atoms with Gasteiger partial charge in [0.05, 0.1) is 5.97 Å². The third kappa shape index (κ3) is 49.5. The van der Waals surface area contributed by atoms with Crippen LogP contribution in [0.4, 0.5) is 0 Å². The minimum Gasteiger partial charge on any atom is -0.876 e. The van der Waals surface area contributed by atoms with E-state index in [4.69, 9.17) is 0 Å². The summed E-state index contributed by atoms with van der Waals surface area (Å²) in [5.41, 5.74) is 0.278. The quantitative estimate of drug-likeness (QED) is 0.442. The molecule has 0 aliphatic carbocycles. The number of hydrogen-bond donors (Lipinski definition) is 0. The second kappa shape index (κ2) is 20.2. The van der Waals surface area contributed by atoms with Crippen LogP contribution in [0.25, 0.3) is 0 Å². The lowest BCUT2D eigenvalue weighted by Gasteiger charge is -1.98. The number of carbonyl (C=O) groups excluding carboxylic acids is 4. The molecule has 0 aliphatic rings. The molecule has 0 saturated carbocycles. The Balaban J connectivity index is -0.000000137. The van der Waals surface area contributed by atoms with Gasteiger partial charge in [0.15, 0.2) is 17.3 Å². The van der Waals surface area contributed by atoms with Crippen LogP contribution in [0.1, 0.15) is 55.4 Å². The molecule has 0 heterocycles. The molecule has 0 fully saturated rings. The van der Waals surface area contributed by atoms with Gasteiger partial charge in [-0.2, -0.15) is 0 Å². The van der Waals surface area contributed by atoms with Gasteiger partial charge in [-0.15, -0.1) is 17.3 Å². The number of carboxylic acids is 1. The second-order valence-electron chi connectivity index (χ2n) is 5.36. The predicted molar refractivity (Wildman–Crippen MR) is 97.8 cm³/mol. The zero-order chi connectivity index (χ0) is 23.4. The standard InChI is InChI=1S/4C5H8O2/c3*1-4(6)3-5(2)7;1-3-4(2)5(6)7/h3*3,6H,1-2H3;3H,1-2H3,(H,6,7)/p-4/b3*4-3-;4-3+. The molecule has 0 rings (SSSR count). The zero-order valence-corrected chi connectivity index (χ0v) is 17.6. The van der Waals surface area contributed by atoms with Gasteiger partial charge in [-0.05, 0) is 58.4 Å². The van der Waals surface area contributed by atoms with Crippen molar-refractivity contribution in [1.29, 1.82) is 0 Å². The minimum absolute atomic E-state index is 0.187. The summed E-state index contributed by atoms with van der Waals surface area (Å²) in [6.45, 7) is 11.2. The Labute approximate surface area is 166 Å². The summed E-state index contributed by atoms with van der Waals surface area (Å²) in [6, 6.07) is 0. The van der Waals surface area contributed by atoms with Crippen LogP contribution in [0.2, 0.25) is 0 Å². The van der Waals surface area contributed by atoms with Crippen molar-refractivity contribution in [2.45, 2.75) is 55.4 Å². The van der Waals surface area contributed by atoms with Crippen molar-refractivity contribution in [3.8, 4) is 0 Å². The molecule has 0 aromatic heterocycles. The SMILES string of the molecule is C/C=C(\C)C(=O)[O-].CC(=O)/C=C(/C)[O-].CC(=O)/C=C(/C)[O-].CC(=O)/C=C(/C)[O-]. The maximum absolute atomic E-state index is 9.98. The monoisotopic (exact) mass is 396 g/mol. The van der Waals surface area contributed by atoms with Gasteiger partial charge in [0.2, 0.25) is 0 Å². The number of rotatable bonds is 4. The van der Waals surface area contributed by atoms with Crippen molar-refractivity contribution >= 4 is 23.3 Å². The fourth-order valence-electron chi connectivity index (χ4n) is 0.977. The molecule has 160 valence electrons. The molecule has 8 heteroatoms. The first-order valence-electron chi connectivity index (χ1n) is 7.98. The molecule has 8 nitrogen and oxygen atoms in total. The molecule has 0 spiro atoms.